The summed E-state index contributed by atoms with van der Waals surface area (Å²) >= 11 is 0. The average molecular weight is 796 g/mol. The van der Waals surface area contributed by atoms with Crippen LogP contribution in [0.15, 0.2) is 12.2 Å². The molecule has 0 aromatic rings. The molecule has 13 N–H and O–H groups in total. The van der Waals surface area contributed by atoms with E-state index < -0.39 is 141 Å². The van der Waals surface area contributed by atoms with Crippen LogP contribution in [-0.2, 0) is 28.5 Å². The van der Waals surface area contributed by atoms with Gasteiger partial charge in [0.05, 0.1) is 49.1 Å². The van der Waals surface area contributed by atoms with Gasteiger partial charge in [0.15, 0.2) is 24.8 Å². The summed E-state index contributed by atoms with van der Waals surface area (Å²) in [5.74, 6) is -1.77. The van der Waals surface area contributed by atoms with Crippen molar-refractivity contribution in [3.63, 3.8) is 0 Å². The van der Waals surface area contributed by atoms with Crippen LogP contribution in [-0.4, -0.2) is 202 Å². The Morgan fingerprint density at radius 3 is 1.87 bits per heavy atom. The fourth-order valence-electron chi connectivity index (χ4n) is 9.09. The van der Waals surface area contributed by atoms with Crippen molar-refractivity contribution in [2.24, 2.45) is 17.8 Å². The first-order valence-corrected chi connectivity index (χ1v) is 19.4. The molecule has 0 radical (unpaired) electrons. The molecule has 3 aliphatic heterocycles. The molecule has 3 aliphatic carbocycles. The van der Waals surface area contributed by atoms with Gasteiger partial charge in [-0.3, -0.25) is 0 Å². The molecule has 3 saturated heterocycles. The third kappa shape index (κ3) is 9.88. The minimum Gasteiger partial charge on any atom is -0.460 e. The summed E-state index contributed by atoms with van der Waals surface area (Å²) in [6.45, 7) is -1.19. The van der Waals surface area contributed by atoms with Crippen molar-refractivity contribution in [2.45, 2.75) is 174 Å². The van der Waals surface area contributed by atoms with E-state index in [9.17, 15) is 66.1 Å². The lowest BCUT2D eigenvalue weighted by Crippen LogP contribution is -2.64. The zero-order valence-corrected chi connectivity index (χ0v) is 30.4. The summed E-state index contributed by atoms with van der Waals surface area (Å²) in [4.78, 5) is 12.6. The second kappa shape index (κ2) is 18.6. The largest absolute Gasteiger partial charge is 0.460 e. The van der Waals surface area contributed by atoms with Gasteiger partial charge < -0.3 is 89.7 Å². The number of aliphatic hydroxyl groups is 14. The number of hydrogen-bond donors (Lipinski definition) is 12. The van der Waals surface area contributed by atoms with Crippen LogP contribution >= 0.6 is 0 Å². The quantitative estimate of drug-likeness (QED) is 0.0559. The van der Waals surface area contributed by atoms with E-state index in [2.05, 4.69) is 0 Å². The van der Waals surface area contributed by atoms with Gasteiger partial charge in [0.1, 0.15) is 61.5 Å². The van der Waals surface area contributed by atoms with Gasteiger partial charge in [-0.05, 0) is 50.9 Å². The van der Waals surface area contributed by atoms with Crippen molar-refractivity contribution in [3.05, 3.63) is 12.2 Å². The van der Waals surface area contributed by atoms with Gasteiger partial charge in [-0.2, -0.15) is 0 Å². The Morgan fingerprint density at radius 2 is 1.24 bits per heavy atom. The van der Waals surface area contributed by atoms with Crippen LogP contribution in [0.25, 0.3) is 0 Å². The molecule has 0 aromatic heterocycles. The van der Waals surface area contributed by atoms with E-state index in [1.54, 1.807) is 6.08 Å². The predicted molar refractivity (Wildman–Crippen MR) is 182 cm³/mol. The fraction of sp³-hybridized carbons (Fsp3) is 0.917. The molecular weight excluding hydrogens is 736 g/mol. The molecule has 6 aliphatic rings. The number of esters is 1. The van der Waals surface area contributed by atoms with Crippen LogP contribution < -0.4 is 0 Å². The van der Waals surface area contributed by atoms with Gasteiger partial charge in [0, 0.05) is 24.8 Å². The highest BCUT2D eigenvalue weighted by Gasteiger charge is 2.56. The first-order chi connectivity index (χ1) is 26.1. The van der Waals surface area contributed by atoms with E-state index in [0.717, 1.165) is 0 Å². The maximum absolute atomic E-state index is 12.6. The van der Waals surface area contributed by atoms with Gasteiger partial charge in [0.2, 0.25) is 0 Å². The topological polar surface area (TPSA) is 319 Å². The predicted octanol–water partition coefficient (Wildman–Crippen LogP) is -5.05. The normalized spacial score (nSPS) is 51.1. The highest BCUT2D eigenvalue weighted by Crippen LogP contribution is 2.44. The Hall–Kier alpha value is -1.47. The molecule has 0 spiro atoms. The highest BCUT2D eigenvalue weighted by atomic mass is 16.7. The summed E-state index contributed by atoms with van der Waals surface area (Å²) in [6, 6.07) is 0. The van der Waals surface area contributed by atoms with E-state index in [1.807, 2.05) is 0 Å². The monoisotopic (exact) mass is 795 g/mol. The van der Waals surface area contributed by atoms with Crippen molar-refractivity contribution in [2.75, 3.05) is 13.2 Å². The highest BCUT2D eigenvalue weighted by molar-refractivity contribution is 5.81. The molecular formula is C36H59O19+. The second-order valence-electron chi connectivity index (χ2n) is 16.2. The minimum atomic E-state index is -1.78. The Labute approximate surface area is 317 Å². The summed E-state index contributed by atoms with van der Waals surface area (Å²) < 4.78 is 34.4. The van der Waals surface area contributed by atoms with Gasteiger partial charge in [-0.25, -0.2) is 4.79 Å². The first kappa shape index (κ1) is 43.1. The number of aliphatic hydroxyl groups excluding tert-OH is 12. The maximum atomic E-state index is 12.6. The van der Waals surface area contributed by atoms with Crippen LogP contribution in [0.4, 0.5) is 0 Å². The molecule has 19 heteroatoms. The Kier molecular flexibility index (Phi) is 14.6. The van der Waals surface area contributed by atoms with Crippen LogP contribution in [0.2, 0.25) is 0 Å². The van der Waals surface area contributed by atoms with Gasteiger partial charge in [0.25, 0.3) is 0 Å². The lowest BCUT2D eigenvalue weighted by molar-refractivity contribution is -0.367. The van der Waals surface area contributed by atoms with Crippen molar-refractivity contribution >= 4 is 5.97 Å². The Bertz CT molecular complexity index is 1270. The molecule has 0 bridgehead atoms. The van der Waals surface area contributed by atoms with E-state index in [4.69, 9.17) is 28.4 Å². The minimum absolute atomic E-state index is 0.0655. The van der Waals surface area contributed by atoms with E-state index >= 15 is 0 Å². The molecule has 22 atom stereocenters. The molecule has 19 nitrogen and oxygen atoms in total. The van der Waals surface area contributed by atoms with E-state index in [1.165, 1.54) is 6.08 Å². The maximum Gasteiger partial charge on any atom is 0.330 e. The molecule has 6 rings (SSSR count). The lowest BCUT2D eigenvalue weighted by atomic mass is 9.72. The zero-order chi connectivity index (χ0) is 39.7. The van der Waals surface area contributed by atoms with E-state index in [0.29, 0.717) is 19.3 Å². The molecule has 0 amide bonds. The van der Waals surface area contributed by atoms with Gasteiger partial charge in [-0.15, -0.1) is 0 Å². The number of hydrogen-bond acceptors (Lipinski definition) is 18. The lowest BCUT2D eigenvalue weighted by Gasteiger charge is -2.50. The van der Waals surface area contributed by atoms with Crippen LogP contribution in [0.3, 0.4) is 0 Å². The second-order valence-corrected chi connectivity index (χ2v) is 16.2. The van der Waals surface area contributed by atoms with E-state index in [-0.39, 0.29) is 50.4 Å². The summed E-state index contributed by atoms with van der Waals surface area (Å²) in [5.41, 5.74) is 0. The summed E-state index contributed by atoms with van der Waals surface area (Å²) in [7, 11) is 0. The fourth-order valence-corrected chi connectivity index (χ4v) is 9.09. The van der Waals surface area contributed by atoms with Crippen molar-refractivity contribution in [1.82, 2.24) is 0 Å². The number of carbonyl (C=O) groups is 1. The summed E-state index contributed by atoms with van der Waals surface area (Å²) in [6.07, 6.45) is -18.0. The molecule has 6 fully saturated rings. The van der Waals surface area contributed by atoms with Gasteiger partial charge >= 0.3 is 5.97 Å². The number of fused-ring (bicyclic) bond motifs is 1. The SMILES string of the molecule is O=C(C=CC1CCC(O)C(O)C1)OC[C@H]1O[C@@H](OC2CC3C(O[C@@H]4O[C@H](CO)[C@@H](O)[C@H](O)[C@H]4O)CC(O)CC3[OH+]C2C2CCC(O)C(O)C2)[C@H](O)[C@@H](O)[C@@H]1O. The molecule has 3 saturated carbocycles. The number of allylic oxidation sites excluding steroid dienone is 1. The summed E-state index contributed by atoms with van der Waals surface area (Å²) in [5, 5.41) is 125. The molecule has 0 aromatic carbocycles. The third-order valence-electron chi connectivity index (χ3n) is 12.4. The zero-order valence-electron chi connectivity index (χ0n) is 30.4. The van der Waals surface area contributed by atoms with Crippen molar-refractivity contribution < 1.29 is 94.5 Å². The Morgan fingerprint density at radius 1 is 0.636 bits per heavy atom. The molecule has 55 heavy (non-hydrogen) atoms. The standard InChI is InChI=1S/C36H58O19/c37-12-25-28(44)30(46)32(48)35(54-25)52-23-10-16(38)9-22-17(23)11-24(34(51-22)15-3-5-19(40)21(42)8-15)53-36-33(49)31(47)29(45)26(55-36)13-50-27(43)6-2-14-1-4-18(39)20(41)7-14/h2,6,14-26,28-42,44-49H,1,3-5,7-13H2/p+1/t14?,15?,16?,17?,18?,19?,20?,21?,22?,23?,24?,25-,26-,28-,29-,30+,31+,32-,33-,34?,35-,36-/m1/s1. The third-order valence-corrected chi connectivity index (χ3v) is 12.4. The Balaban J connectivity index is 1.16. The first-order valence-electron chi connectivity index (χ1n) is 19.4. The van der Waals surface area contributed by atoms with Crippen LogP contribution in [0.1, 0.15) is 57.8 Å². The van der Waals surface area contributed by atoms with Crippen LogP contribution in [0, 0.1) is 17.8 Å². The average Bonchev–Trinajstić information content (AvgIpc) is 3.16. The molecule has 12 unspecified atom stereocenters. The molecule has 316 valence electrons. The van der Waals surface area contributed by atoms with Crippen LogP contribution in [0.5, 0.6) is 0 Å². The smallest absolute Gasteiger partial charge is 0.330 e. The number of ether oxygens (including phenoxy) is 6. The van der Waals surface area contributed by atoms with Crippen molar-refractivity contribution in [1.29, 1.82) is 0 Å². The number of carbonyl (C=O) groups excluding carboxylic acids is 1. The molecule has 3 heterocycles. The van der Waals surface area contributed by atoms with Crippen molar-refractivity contribution in [3.8, 4) is 0 Å². The van der Waals surface area contributed by atoms with Gasteiger partial charge in [-0.1, -0.05) is 6.08 Å². The number of rotatable bonds is 10.